The first-order valence-corrected chi connectivity index (χ1v) is 9.17. The average molecular weight is 334 g/mol. The minimum Gasteiger partial charge on any atom is -0.481 e. The molecule has 1 aliphatic carbocycles. The molecule has 1 atom stereocenters. The number of anilines is 1. The highest BCUT2D eigenvalue weighted by Crippen LogP contribution is 2.42. The van der Waals surface area contributed by atoms with E-state index in [0.717, 1.165) is 24.7 Å². The maximum Gasteiger partial charge on any atom is 0.212 e. The van der Waals surface area contributed by atoms with E-state index in [4.69, 9.17) is 4.74 Å². The summed E-state index contributed by atoms with van der Waals surface area (Å²) in [6.45, 7) is 0. The molecule has 3 rings (SSSR count). The van der Waals surface area contributed by atoms with Gasteiger partial charge in [0.1, 0.15) is 5.82 Å². The topological polar surface area (TPSA) is 94.1 Å². The fourth-order valence-corrected chi connectivity index (χ4v) is 2.86. The molecule has 0 amide bonds. The summed E-state index contributed by atoms with van der Waals surface area (Å²) < 4.78 is 27.9. The Labute approximate surface area is 135 Å². The Morgan fingerprint density at radius 3 is 2.48 bits per heavy atom. The number of nitrogens with one attached hydrogen (secondary N) is 1. The molecule has 1 unspecified atom stereocenters. The van der Waals surface area contributed by atoms with Gasteiger partial charge in [-0.15, -0.1) is 10.2 Å². The fourth-order valence-electron chi connectivity index (χ4n) is 2.35. The number of pyridine rings is 1. The van der Waals surface area contributed by atoms with Gasteiger partial charge in [0.25, 0.3) is 0 Å². The van der Waals surface area contributed by atoms with Gasteiger partial charge in [0, 0.05) is 18.5 Å². The van der Waals surface area contributed by atoms with Gasteiger partial charge in [-0.05, 0) is 36.5 Å². The lowest BCUT2D eigenvalue weighted by Gasteiger charge is -2.19. The van der Waals surface area contributed by atoms with Gasteiger partial charge >= 0.3 is 0 Å². The molecule has 1 saturated carbocycles. The fraction of sp³-hybridized carbons (Fsp3) is 0.400. The molecule has 2 heterocycles. The zero-order chi connectivity index (χ0) is 16.4. The average Bonchev–Trinajstić information content (AvgIpc) is 3.37. The van der Waals surface area contributed by atoms with Crippen LogP contribution in [0.2, 0.25) is 0 Å². The highest BCUT2D eigenvalue weighted by atomic mass is 32.2. The van der Waals surface area contributed by atoms with Crippen LogP contribution in [0.25, 0.3) is 0 Å². The van der Waals surface area contributed by atoms with Gasteiger partial charge in [-0.3, -0.25) is 0 Å². The van der Waals surface area contributed by atoms with E-state index in [-0.39, 0.29) is 11.1 Å². The SMILES string of the molecule is COc1ccc(C(Nc2ccc(S(C)(=O)=O)nn2)C2CC2)cn1. The third-order valence-corrected chi connectivity index (χ3v) is 4.72. The summed E-state index contributed by atoms with van der Waals surface area (Å²) in [6.07, 6.45) is 5.17. The minimum absolute atomic E-state index is 0.0304. The van der Waals surface area contributed by atoms with E-state index >= 15 is 0 Å². The lowest BCUT2D eigenvalue weighted by Crippen LogP contribution is -2.15. The van der Waals surface area contributed by atoms with E-state index in [9.17, 15) is 8.42 Å². The normalized spacial score (nSPS) is 15.9. The van der Waals surface area contributed by atoms with Crippen molar-refractivity contribution in [1.29, 1.82) is 0 Å². The summed E-state index contributed by atoms with van der Waals surface area (Å²) in [6, 6.07) is 6.97. The quantitative estimate of drug-likeness (QED) is 0.861. The molecule has 23 heavy (non-hydrogen) atoms. The third kappa shape index (κ3) is 3.76. The first kappa shape index (κ1) is 15.7. The molecule has 122 valence electrons. The minimum atomic E-state index is -3.34. The van der Waals surface area contributed by atoms with Crippen LogP contribution >= 0.6 is 0 Å². The van der Waals surface area contributed by atoms with Gasteiger partial charge < -0.3 is 10.1 Å². The van der Waals surface area contributed by atoms with E-state index < -0.39 is 9.84 Å². The van der Waals surface area contributed by atoms with Crippen molar-refractivity contribution in [3.05, 3.63) is 36.0 Å². The van der Waals surface area contributed by atoms with Crippen molar-refractivity contribution in [2.24, 2.45) is 5.92 Å². The number of methoxy groups -OCH3 is 1. The Kier molecular flexibility index (Phi) is 4.16. The van der Waals surface area contributed by atoms with Crippen molar-refractivity contribution in [3.8, 4) is 5.88 Å². The monoisotopic (exact) mass is 334 g/mol. The van der Waals surface area contributed by atoms with Crippen LogP contribution in [-0.2, 0) is 9.84 Å². The van der Waals surface area contributed by atoms with E-state index in [2.05, 4.69) is 20.5 Å². The zero-order valence-electron chi connectivity index (χ0n) is 12.9. The predicted octanol–water partition coefficient (Wildman–Crippen LogP) is 1.85. The maximum atomic E-state index is 11.4. The smallest absolute Gasteiger partial charge is 0.212 e. The number of hydrogen-bond donors (Lipinski definition) is 1. The van der Waals surface area contributed by atoms with Gasteiger partial charge in [0.05, 0.1) is 13.2 Å². The number of aromatic nitrogens is 3. The molecule has 0 radical (unpaired) electrons. The van der Waals surface area contributed by atoms with Crippen molar-refractivity contribution in [2.45, 2.75) is 23.9 Å². The highest BCUT2D eigenvalue weighted by molar-refractivity contribution is 7.90. The van der Waals surface area contributed by atoms with Gasteiger partial charge in [0.2, 0.25) is 5.88 Å². The van der Waals surface area contributed by atoms with E-state index in [1.54, 1.807) is 19.4 Å². The summed E-state index contributed by atoms with van der Waals surface area (Å²) >= 11 is 0. The number of hydrogen-bond acceptors (Lipinski definition) is 7. The Morgan fingerprint density at radius 1 is 1.22 bits per heavy atom. The molecular formula is C15H18N4O3S. The Balaban J connectivity index is 1.79. The van der Waals surface area contributed by atoms with E-state index in [1.807, 2.05) is 12.1 Å². The van der Waals surface area contributed by atoms with Gasteiger partial charge in [-0.25, -0.2) is 13.4 Å². The second kappa shape index (κ2) is 6.11. The van der Waals surface area contributed by atoms with Crippen LogP contribution in [0.3, 0.4) is 0 Å². The molecule has 0 aromatic carbocycles. The van der Waals surface area contributed by atoms with Crippen molar-refractivity contribution in [3.63, 3.8) is 0 Å². The van der Waals surface area contributed by atoms with Crippen LogP contribution in [0.4, 0.5) is 5.82 Å². The standard InChI is InChI=1S/C15H18N4O3S/c1-22-13-7-5-11(9-16-13)15(10-3-4-10)17-12-6-8-14(19-18-12)23(2,20)21/h5-10,15H,3-4H2,1-2H3,(H,17,18). The third-order valence-electron chi connectivity index (χ3n) is 3.74. The van der Waals surface area contributed by atoms with Crippen LogP contribution < -0.4 is 10.1 Å². The molecule has 0 bridgehead atoms. The van der Waals surface area contributed by atoms with Crippen molar-refractivity contribution in [1.82, 2.24) is 15.2 Å². The second-order valence-corrected chi connectivity index (χ2v) is 7.58. The van der Waals surface area contributed by atoms with Crippen LogP contribution in [0.15, 0.2) is 35.5 Å². The maximum absolute atomic E-state index is 11.4. The van der Waals surface area contributed by atoms with Gasteiger partial charge in [-0.2, -0.15) is 0 Å². The Bertz CT molecular complexity index is 771. The summed E-state index contributed by atoms with van der Waals surface area (Å²) in [5.74, 6) is 1.63. The Hall–Kier alpha value is -2.22. The largest absolute Gasteiger partial charge is 0.481 e. The number of rotatable bonds is 6. The van der Waals surface area contributed by atoms with Crippen LogP contribution in [-0.4, -0.2) is 37.0 Å². The number of nitrogens with zero attached hydrogens (tertiary/aromatic N) is 3. The second-order valence-electron chi connectivity index (χ2n) is 5.62. The first-order valence-electron chi connectivity index (χ1n) is 7.27. The molecule has 1 N–H and O–H groups in total. The molecule has 0 aliphatic heterocycles. The summed E-state index contributed by atoms with van der Waals surface area (Å²) in [7, 11) is -1.76. The first-order chi connectivity index (χ1) is 11.0. The highest BCUT2D eigenvalue weighted by Gasteiger charge is 2.33. The molecular weight excluding hydrogens is 316 g/mol. The Morgan fingerprint density at radius 2 is 2.00 bits per heavy atom. The summed E-state index contributed by atoms with van der Waals surface area (Å²) in [5.41, 5.74) is 1.04. The lowest BCUT2D eigenvalue weighted by molar-refractivity contribution is 0.397. The molecule has 8 heteroatoms. The van der Waals surface area contributed by atoms with Crippen LogP contribution in [0.1, 0.15) is 24.4 Å². The molecule has 7 nitrogen and oxygen atoms in total. The van der Waals surface area contributed by atoms with Crippen molar-refractivity contribution >= 4 is 15.7 Å². The van der Waals surface area contributed by atoms with E-state index in [1.165, 1.54) is 6.07 Å². The predicted molar refractivity (Wildman–Crippen MR) is 85.0 cm³/mol. The summed E-state index contributed by atoms with van der Waals surface area (Å²) in [4.78, 5) is 4.24. The molecule has 1 aliphatic rings. The number of sulfone groups is 1. The van der Waals surface area contributed by atoms with E-state index in [0.29, 0.717) is 17.6 Å². The van der Waals surface area contributed by atoms with Crippen LogP contribution in [0.5, 0.6) is 5.88 Å². The van der Waals surface area contributed by atoms with Gasteiger partial charge in [0.15, 0.2) is 14.9 Å². The van der Waals surface area contributed by atoms with Gasteiger partial charge in [-0.1, -0.05) is 6.07 Å². The zero-order valence-corrected chi connectivity index (χ0v) is 13.7. The molecule has 0 saturated heterocycles. The number of ether oxygens (including phenoxy) is 1. The van der Waals surface area contributed by atoms with Crippen molar-refractivity contribution < 1.29 is 13.2 Å². The van der Waals surface area contributed by atoms with Crippen LogP contribution in [0, 0.1) is 5.92 Å². The lowest BCUT2D eigenvalue weighted by atomic mass is 10.0. The molecule has 2 aromatic rings. The molecule has 1 fully saturated rings. The molecule has 2 aromatic heterocycles. The summed E-state index contributed by atoms with van der Waals surface area (Å²) in [5, 5.41) is 11.0. The molecule has 0 spiro atoms. The van der Waals surface area contributed by atoms with Crippen molar-refractivity contribution in [2.75, 3.05) is 18.7 Å².